The van der Waals surface area contributed by atoms with Crippen LogP contribution in [0.25, 0.3) is 0 Å². The van der Waals surface area contributed by atoms with Crippen LogP contribution < -0.4 is 5.32 Å². The van der Waals surface area contributed by atoms with E-state index in [0.29, 0.717) is 0 Å². The van der Waals surface area contributed by atoms with Crippen molar-refractivity contribution < 1.29 is 0 Å². The molecule has 1 saturated carbocycles. The van der Waals surface area contributed by atoms with Crippen molar-refractivity contribution in [3.05, 3.63) is 0 Å². The summed E-state index contributed by atoms with van der Waals surface area (Å²) in [6, 6.07) is 0.776. The molecule has 0 amide bonds. The first-order chi connectivity index (χ1) is 8.88. The fourth-order valence-electron chi connectivity index (χ4n) is 3.65. The third-order valence-corrected chi connectivity index (χ3v) is 4.83. The second kappa shape index (κ2) is 8.16. The van der Waals surface area contributed by atoms with Gasteiger partial charge in [0.25, 0.3) is 0 Å². The highest BCUT2D eigenvalue weighted by molar-refractivity contribution is 4.79. The summed E-state index contributed by atoms with van der Waals surface area (Å²) in [6.07, 6.45) is 13.1. The van der Waals surface area contributed by atoms with Crippen LogP contribution in [0.5, 0.6) is 0 Å². The molecule has 0 spiro atoms. The number of nitrogens with one attached hydrogen (secondary N) is 1. The Morgan fingerprint density at radius 1 is 0.889 bits per heavy atom. The van der Waals surface area contributed by atoms with Crippen molar-refractivity contribution in [2.75, 3.05) is 26.2 Å². The van der Waals surface area contributed by atoms with Crippen LogP contribution >= 0.6 is 0 Å². The van der Waals surface area contributed by atoms with E-state index in [0.717, 1.165) is 12.0 Å². The molecular formula is C16H32N2. The molecule has 1 heterocycles. The number of rotatable bonds is 5. The normalized spacial score (nSPS) is 27.3. The van der Waals surface area contributed by atoms with E-state index < -0.39 is 0 Å². The van der Waals surface area contributed by atoms with Gasteiger partial charge in [-0.1, -0.05) is 39.0 Å². The Kier molecular flexibility index (Phi) is 6.50. The number of likely N-dealkylation sites (N-methyl/N-ethyl adjacent to an activating group) is 1. The van der Waals surface area contributed by atoms with Crippen molar-refractivity contribution in [1.29, 1.82) is 0 Å². The molecule has 2 rings (SSSR count). The smallest absolute Gasteiger partial charge is 0.0195 e. The number of hydrogen-bond acceptors (Lipinski definition) is 2. The lowest BCUT2D eigenvalue weighted by Gasteiger charge is -2.29. The highest BCUT2D eigenvalue weighted by Crippen LogP contribution is 2.23. The van der Waals surface area contributed by atoms with E-state index in [-0.39, 0.29) is 0 Å². The third kappa shape index (κ3) is 4.89. The van der Waals surface area contributed by atoms with E-state index in [1.165, 1.54) is 84.0 Å². The molecular weight excluding hydrogens is 220 g/mol. The summed E-state index contributed by atoms with van der Waals surface area (Å²) in [5, 5.41) is 3.64. The zero-order valence-corrected chi connectivity index (χ0v) is 12.3. The summed E-state index contributed by atoms with van der Waals surface area (Å²) in [7, 11) is 0. The van der Waals surface area contributed by atoms with Gasteiger partial charge in [0.1, 0.15) is 0 Å². The Labute approximate surface area is 114 Å². The average molecular weight is 252 g/mol. The van der Waals surface area contributed by atoms with Crippen LogP contribution in [0, 0.1) is 5.92 Å². The van der Waals surface area contributed by atoms with Crippen LogP contribution in [0.1, 0.15) is 64.7 Å². The van der Waals surface area contributed by atoms with Crippen molar-refractivity contribution in [3.63, 3.8) is 0 Å². The van der Waals surface area contributed by atoms with Crippen molar-refractivity contribution in [2.45, 2.75) is 70.8 Å². The van der Waals surface area contributed by atoms with Crippen molar-refractivity contribution in [3.8, 4) is 0 Å². The number of nitrogens with zero attached hydrogens (tertiary/aromatic N) is 1. The second-order valence-corrected chi connectivity index (χ2v) is 6.36. The monoisotopic (exact) mass is 252 g/mol. The molecule has 0 radical (unpaired) electrons. The van der Waals surface area contributed by atoms with Crippen LogP contribution in [0.2, 0.25) is 0 Å². The highest BCUT2D eigenvalue weighted by Gasteiger charge is 2.20. The van der Waals surface area contributed by atoms with Gasteiger partial charge in [-0.2, -0.15) is 0 Å². The van der Waals surface area contributed by atoms with E-state index in [1.807, 2.05) is 0 Å². The Bertz CT molecular complexity index is 203. The van der Waals surface area contributed by atoms with Gasteiger partial charge in [0, 0.05) is 19.1 Å². The Morgan fingerprint density at radius 2 is 1.61 bits per heavy atom. The molecule has 0 bridgehead atoms. The van der Waals surface area contributed by atoms with Gasteiger partial charge in [-0.25, -0.2) is 0 Å². The summed E-state index contributed by atoms with van der Waals surface area (Å²) in [4.78, 5) is 2.70. The second-order valence-electron chi connectivity index (χ2n) is 6.36. The van der Waals surface area contributed by atoms with Crippen molar-refractivity contribution in [2.24, 2.45) is 5.92 Å². The fraction of sp³-hybridized carbons (Fsp3) is 1.00. The summed E-state index contributed by atoms with van der Waals surface area (Å²) in [5.41, 5.74) is 0. The summed E-state index contributed by atoms with van der Waals surface area (Å²) in [5.74, 6) is 0.978. The van der Waals surface area contributed by atoms with Gasteiger partial charge < -0.3 is 10.2 Å². The molecule has 18 heavy (non-hydrogen) atoms. The van der Waals surface area contributed by atoms with E-state index in [1.54, 1.807) is 0 Å². The fourth-order valence-corrected chi connectivity index (χ4v) is 3.65. The van der Waals surface area contributed by atoms with Crippen molar-refractivity contribution >= 4 is 0 Å². The van der Waals surface area contributed by atoms with Gasteiger partial charge in [0.05, 0.1) is 0 Å². The van der Waals surface area contributed by atoms with Gasteiger partial charge >= 0.3 is 0 Å². The van der Waals surface area contributed by atoms with E-state index in [2.05, 4.69) is 17.1 Å². The Hall–Kier alpha value is -0.0800. The largest absolute Gasteiger partial charge is 0.313 e. The maximum atomic E-state index is 3.64. The zero-order chi connectivity index (χ0) is 12.6. The Morgan fingerprint density at radius 3 is 2.22 bits per heavy atom. The summed E-state index contributed by atoms with van der Waals surface area (Å²) in [6.45, 7) is 7.44. The van der Waals surface area contributed by atoms with Gasteiger partial charge in [0.15, 0.2) is 0 Å². The molecule has 1 saturated heterocycles. The molecule has 106 valence electrons. The van der Waals surface area contributed by atoms with Crippen LogP contribution in [0.3, 0.4) is 0 Å². The van der Waals surface area contributed by atoms with E-state index in [9.17, 15) is 0 Å². The molecule has 2 heteroatoms. The average Bonchev–Trinajstić information content (AvgIpc) is 2.84. The lowest BCUT2D eigenvalue weighted by molar-refractivity contribution is 0.202. The highest BCUT2D eigenvalue weighted by atomic mass is 15.1. The molecule has 1 atom stereocenters. The molecule has 2 nitrogen and oxygen atoms in total. The van der Waals surface area contributed by atoms with Gasteiger partial charge in [0.2, 0.25) is 0 Å². The molecule has 1 unspecified atom stereocenters. The minimum Gasteiger partial charge on any atom is -0.313 e. The molecule has 0 aromatic carbocycles. The molecule has 0 aromatic rings. The van der Waals surface area contributed by atoms with Gasteiger partial charge in [-0.05, 0) is 44.7 Å². The number of hydrogen-bond donors (Lipinski definition) is 1. The zero-order valence-electron chi connectivity index (χ0n) is 12.3. The van der Waals surface area contributed by atoms with E-state index >= 15 is 0 Å². The Balaban J connectivity index is 1.72. The van der Waals surface area contributed by atoms with Crippen LogP contribution in [-0.4, -0.2) is 37.1 Å². The first kappa shape index (κ1) is 14.3. The van der Waals surface area contributed by atoms with Crippen LogP contribution in [0.15, 0.2) is 0 Å². The summed E-state index contributed by atoms with van der Waals surface area (Å²) >= 11 is 0. The van der Waals surface area contributed by atoms with Gasteiger partial charge in [-0.3, -0.25) is 0 Å². The standard InChI is InChI=1S/C16H32N2/c1-2-18(14-16-11-8-12-17-16)13-15-9-6-4-3-5-7-10-15/h15-17H,2-14H2,1H3. The molecule has 2 aliphatic rings. The maximum Gasteiger partial charge on any atom is 0.0195 e. The molecule has 2 fully saturated rings. The predicted molar refractivity (Wildman–Crippen MR) is 78.9 cm³/mol. The van der Waals surface area contributed by atoms with Gasteiger partial charge in [-0.15, -0.1) is 0 Å². The predicted octanol–water partition coefficient (Wildman–Crippen LogP) is 3.42. The first-order valence-electron chi connectivity index (χ1n) is 8.34. The first-order valence-corrected chi connectivity index (χ1v) is 8.34. The third-order valence-electron chi connectivity index (χ3n) is 4.83. The lowest BCUT2D eigenvalue weighted by atomic mass is 9.90. The molecule has 0 aromatic heterocycles. The SMILES string of the molecule is CCN(CC1CCCCCCC1)CC1CCCN1. The van der Waals surface area contributed by atoms with Crippen LogP contribution in [-0.2, 0) is 0 Å². The van der Waals surface area contributed by atoms with E-state index in [4.69, 9.17) is 0 Å². The minimum atomic E-state index is 0.776. The lowest BCUT2D eigenvalue weighted by Crippen LogP contribution is -2.40. The topological polar surface area (TPSA) is 15.3 Å². The molecule has 1 N–H and O–H groups in total. The van der Waals surface area contributed by atoms with Crippen LogP contribution in [0.4, 0.5) is 0 Å². The maximum absolute atomic E-state index is 3.64. The molecule has 1 aliphatic carbocycles. The quantitative estimate of drug-likeness (QED) is 0.806. The van der Waals surface area contributed by atoms with Crippen molar-refractivity contribution in [1.82, 2.24) is 10.2 Å². The minimum absolute atomic E-state index is 0.776. The summed E-state index contributed by atoms with van der Waals surface area (Å²) < 4.78 is 0. The molecule has 1 aliphatic heterocycles.